The Bertz CT molecular complexity index is 543. The van der Waals surface area contributed by atoms with E-state index in [2.05, 4.69) is 10.2 Å². The number of hydrogen-bond donors (Lipinski definition) is 2. The molecular formula is C13H15ClN2O. The molecule has 0 spiro atoms. The van der Waals surface area contributed by atoms with E-state index in [0.29, 0.717) is 5.02 Å². The van der Waals surface area contributed by atoms with Crippen LogP contribution in [-0.2, 0) is 5.60 Å². The summed E-state index contributed by atoms with van der Waals surface area (Å²) < 4.78 is 0. The molecule has 2 N–H and O–H groups in total. The standard InChI is InChI=1S/C13H15ClN2O/c14-9-6-11(10-8-15-16-12(10)7-9)13(17)4-2-1-3-5-13/h6-8,17H,1-5H2,(H,15,16). The Morgan fingerprint density at radius 1 is 1.24 bits per heavy atom. The number of halogens is 1. The lowest BCUT2D eigenvalue weighted by molar-refractivity contribution is 0.000766. The average molecular weight is 251 g/mol. The van der Waals surface area contributed by atoms with Crippen LogP contribution >= 0.6 is 11.6 Å². The molecular weight excluding hydrogens is 236 g/mol. The van der Waals surface area contributed by atoms with Crippen LogP contribution in [-0.4, -0.2) is 15.3 Å². The third-order valence-electron chi connectivity index (χ3n) is 3.71. The first kappa shape index (κ1) is 11.1. The van der Waals surface area contributed by atoms with Gasteiger partial charge in [0.25, 0.3) is 0 Å². The molecule has 0 radical (unpaired) electrons. The summed E-state index contributed by atoms with van der Waals surface area (Å²) in [5.41, 5.74) is 1.09. The maximum Gasteiger partial charge on any atom is 0.0904 e. The molecule has 3 rings (SSSR count). The molecule has 90 valence electrons. The van der Waals surface area contributed by atoms with Crippen LogP contribution in [0.15, 0.2) is 18.3 Å². The highest BCUT2D eigenvalue weighted by Gasteiger charge is 2.33. The van der Waals surface area contributed by atoms with Crippen molar-refractivity contribution in [3.05, 3.63) is 28.9 Å². The van der Waals surface area contributed by atoms with Gasteiger partial charge in [0.2, 0.25) is 0 Å². The molecule has 0 unspecified atom stereocenters. The number of H-pyrrole nitrogens is 1. The van der Waals surface area contributed by atoms with E-state index in [9.17, 15) is 5.11 Å². The number of rotatable bonds is 1. The van der Waals surface area contributed by atoms with E-state index in [4.69, 9.17) is 11.6 Å². The van der Waals surface area contributed by atoms with Gasteiger partial charge in [0.15, 0.2) is 0 Å². The van der Waals surface area contributed by atoms with E-state index in [1.807, 2.05) is 12.1 Å². The van der Waals surface area contributed by atoms with Gasteiger partial charge in [-0.15, -0.1) is 0 Å². The molecule has 3 nitrogen and oxygen atoms in total. The van der Waals surface area contributed by atoms with Crippen molar-refractivity contribution < 1.29 is 5.11 Å². The summed E-state index contributed by atoms with van der Waals surface area (Å²) in [5, 5.41) is 19.4. The van der Waals surface area contributed by atoms with Gasteiger partial charge < -0.3 is 5.11 Å². The molecule has 1 aliphatic carbocycles. The molecule has 1 heterocycles. The van der Waals surface area contributed by atoms with Gasteiger partial charge in [0.1, 0.15) is 0 Å². The van der Waals surface area contributed by atoms with Crippen molar-refractivity contribution in [2.45, 2.75) is 37.7 Å². The number of hydrogen-bond acceptors (Lipinski definition) is 2. The minimum Gasteiger partial charge on any atom is -0.385 e. The Kier molecular flexibility index (Phi) is 2.60. The van der Waals surface area contributed by atoms with Crippen LogP contribution in [0.5, 0.6) is 0 Å². The van der Waals surface area contributed by atoms with Crippen molar-refractivity contribution >= 4 is 22.5 Å². The number of nitrogens with one attached hydrogen (secondary N) is 1. The molecule has 0 atom stereocenters. The van der Waals surface area contributed by atoms with Gasteiger partial charge in [-0.05, 0) is 30.5 Å². The van der Waals surface area contributed by atoms with Gasteiger partial charge in [-0.1, -0.05) is 30.9 Å². The van der Waals surface area contributed by atoms with Crippen molar-refractivity contribution in [3.8, 4) is 0 Å². The van der Waals surface area contributed by atoms with Crippen LogP contribution in [0, 0.1) is 0 Å². The molecule has 1 fully saturated rings. The summed E-state index contributed by atoms with van der Waals surface area (Å²) in [6, 6.07) is 3.73. The zero-order valence-electron chi connectivity index (χ0n) is 9.54. The Labute approximate surface area is 105 Å². The van der Waals surface area contributed by atoms with Crippen molar-refractivity contribution in [1.82, 2.24) is 10.2 Å². The summed E-state index contributed by atoms with van der Waals surface area (Å²) in [7, 11) is 0. The molecule has 17 heavy (non-hydrogen) atoms. The molecule has 1 aliphatic rings. The van der Waals surface area contributed by atoms with E-state index in [1.165, 1.54) is 6.42 Å². The second-order valence-corrected chi connectivity index (χ2v) is 5.31. The highest BCUT2D eigenvalue weighted by atomic mass is 35.5. The van der Waals surface area contributed by atoms with E-state index in [0.717, 1.165) is 42.1 Å². The zero-order valence-corrected chi connectivity index (χ0v) is 10.3. The fourth-order valence-corrected chi connectivity index (χ4v) is 3.03. The Balaban J connectivity index is 2.18. The lowest BCUT2D eigenvalue weighted by atomic mass is 9.78. The van der Waals surface area contributed by atoms with Crippen molar-refractivity contribution in [2.24, 2.45) is 0 Å². The van der Waals surface area contributed by atoms with Crippen molar-refractivity contribution in [1.29, 1.82) is 0 Å². The number of aliphatic hydroxyl groups is 1. The zero-order chi connectivity index (χ0) is 11.9. The fourth-order valence-electron chi connectivity index (χ4n) is 2.81. The van der Waals surface area contributed by atoms with Crippen LogP contribution in [0.4, 0.5) is 0 Å². The second-order valence-electron chi connectivity index (χ2n) is 4.88. The van der Waals surface area contributed by atoms with Crippen LogP contribution in [0.25, 0.3) is 10.9 Å². The van der Waals surface area contributed by atoms with Gasteiger partial charge >= 0.3 is 0 Å². The SMILES string of the molecule is OC1(c2cc(Cl)cc3[nH]ncc23)CCCCC1. The molecule has 4 heteroatoms. The predicted molar refractivity (Wildman–Crippen MR) is 68.1 cm³/mol. The Morgan fingerprint density at radius 2 is 2.00 bits per heavy atom. The van der Waals surface area contributed by atoms with Gasteiger partial charge in [0, 0.05) is 10.4 Å². The van der Waals surface area contributed by atoms with Crippen molar-refractivity contribution in [2.75, 3.05) is 0 Å². The lowest BCUT2D eigenvalue weighted by Gasteiger charge is -2.33. The van der Waals surface area contributed by atoms with Crippen LogP contribution in [0.3, 0.4) is 0 Å². The maximum absolute atomic E-state index is 10.8. The van der Waals surface area contributed by atoms with Gasteiger partial charge in [-0.3, -0.25) is 5.10 Å². The Hall–Kier alpha value is -1.06. The first-order valence-electron chi connectivity index (χ1n) is 6.04. The average Bonchev–Trinajstić information content (AvgIpc) is 2.76. The van der Waals surface area contributed by atoms with E-state index in [1.54, 1.807) is 6.20 Å². The summed E-state index contributed by atoms with van der Waals surface area (Å²) in [5.74, 6) is 0. The highest BCUT2D eigenvalue weighted by Crippen LogP contribution is 2.40. The topological polar surface area (TPSA) is 48.9 Å². The van der Waals surface area contributed by atoms with Gasteiger partial charge in [0.05, 0.1) is 17.3 Å². The second kappa shape index (κ2) is 4.00. The van der Waals surface area contributed by atoms with E-state index >= 15 is 0 Å². The molecule has 1 aromatic heterocycles. The maximum atomic E-state index is 10.8. The van der Waals surface area contributed by atoms with E-state index < -0.39 is 5.60 Å². The molecule has 0 aliphatic heterocycles. The van der Waals surface area contributed by atoms with Crippen molar-refractivity contribution in [3.63, 3.8) is 0 Å². The molecule has 0 bridgehead atoms. The first-order chi connectivity index (χ1) is 8.19. The first-order valence-corrected chi connectivity index (χ1v) is 6.42. The quantitative estimate of drug-likeness (QED) is 0.815. The monoisotopic (exact) mass is 250 g/mol. The number of benzene rings is 1. The fraction of sp³-hybridized carbons (Fsp3) is 0.462. The van der Waals surface area contributed by atoms with E-state index in [-0.39, 0.29) is 0 Å². The van der Waals surface area contributed by atoms with Gasteiger partial charge in [-0.25, -0.2) is 0 Å². The molecule has 0 amide bonds. The molecule has 2 aromatic rings. The minimum absolute atomic E-state index is 0.649. The lowest BCUT2D eigenvalue weighted by Crippen LogP contribution is -2.28. The molecule has 0 saturated heterocycles. The minimum atomic E-state index is -0.731. The third kappa shape index (κ3) is 1.83. The number of fused-ring (bicyclic) bond motifs is 1. The smallest absolute Gasteiger partial charge is 0.0904 e. The highest BCUT2D eigenvalue weighted by molar-refractivity contribution is 6.31. The predicted octanol–water partition coefficient (Wildman–Crippen LogP) is 3.37. The third-order valence-corrected chi connectivity index (χ3v) is 3.92. The van der Waals surface area contributed by atoms with Crippen LogP contribution in [0.1, 0.15) is 37.7 Å². The van der Waals surface area contributed by atoms with Crippen LogP contribution in [0.2, 0.25) is 5.02 Å². The number of aromatic nitrogens is 2. The normalized spacial score (nSPS) is 19.6. The summed E-state index contributed by atoms with van der Waals surface area (Å²) >= 11 is 6.10. The summed E-state index contributed by atoms with van der Waals surface area (Å²) in [6.45, 7) is 0. The summed E-state index contributed by atoms with van der Waals surface area (Å²) in [6.07, 6.45) is 6.75. The van der Waals surface area contributed by atoms with Crippen LogP contribution < -0.4 is 0 Å². The largest absolute Gasteiger partial charge is 0.385 e. The Morgan fingerprint density at radius 3 is 2.76 bits per heavy atom. The van der Waals surface area contributed by atoms with Gasteiger partial charge in [-0.2, -0.15) is 5.10 Å². The number of nitrogens with zero attached hydrogens (tertiary/aromatic N) is 1. The molecule has 1 saturated carbocycles. The number of aromatic amines is 1. The molecule has 1 aromatic carbocycles. The summed E-state index contributed by atoms with van der Waals surface area (Å²) in [4.78, 5) is 0.